The predicted molar refractivity (Wildman–Crippen MR) is 111 cm³/mol. The molecule has 0 aliphatic heterocycles. The molecule has 0 spiro atoms. The Hall–Kier alpha value is -3.88. The van der Waals surface area contributed by atoms with Crippen molar-refractivity contribution in [2.75, 3.05) is 17.7 Å². The summed E-state index contributed by atoms with van der Waals surface area (Å²) in [7, 11) is 1.34. The number of nitrogens with one attached hydrogen (secondary N) is 2. The van der Waals surface area contributed by atoms with Crippen LogP contribution in [0.15, 0.2) is 73.1 Å². The number of pyridine rings is 1. The van der Waals surface area contributed by atoms with Crippen molar-refractivity contribution in [2.45, 2.75) is 13.1 Å². The maximum atomic E-state index is 12.4. The van der Waals surface area contributed by atoms with E-state index in [2.05, 4.69) is 20.4 Å². The number of aryl methyl sites for hydroxylation is 1. The second kappa shape index (κ2) is 10.8. The number of amides is 2. The summed E-state index contributed by atoms with van der Waals surface area (Å²) in [5, 5.41) is 5.13. The number of hydrogen-bond acceptors (Lipinski definition) is 4. The molecule has 0 unspecified atom stereocenters. The van der Waals surface area contributed by atoms with E-state index in [1.807, 2.05) is 31.2 Å². The van der Waals surface area contributed by atoms with Gasteiger partial charge in [0.05, 0.1) is 24.6 Å². The molecule has 1 heterocycles. The van der Waals surface area contributed by atoms with E-state index < -0.39 is 23.7 Å². The number of carbonyl (C=O) groups is 2. The Morgan fingerprint density at radius 2 is 1.61 bits per heavy atom. The fourth-order valence-electron chi connectivity index (χ4n) is 2.32. The number of anilines is 2. The molecule has 9 heteroatoms. The Morgan fingerprint density at radius 3 is 2.16 bits per heavy atom. The highest BCUT2D eigenvalue weighted by Crippen LogP contribution is 2.29. The molecular formula is C22H20F3N3O3. The average Bonchev–Trinajstić information content (AvgIpc) is 2.76. The zero-order valence-corrected chi connectivity index (χ0v) is 16.7. The number of alkyl halides is 3. The van der Waals surface area contributed by atoms with Crippen molar-refractivity contribution in [3.63, 3.8) is 0 Å². The third kappa shape index (κ3) is 7.46. The summed E-state index contributed by atoms with van der Waals surface area (Å²) in [4.78, 5) is 26.4. The molecule has 162 valence electrons. The largest absolute Gasteiger partial charge is 0.453 e. The topological polar surface area (TPSA) is 80.3 Å². The molecule has 2 amide bonds. The van der Waals surface area contributed by atoms with Crippen molar-refractivity contribution in [2.24, 2.45) is 0 Å². The highest BCUT2D eigenvalue weighted by atomic mass is 19.4. The Kier molecular flexibility index (Phi) is 8.13. The van der Waals surface area contributed by atoms with E-state index in [0.717, 1.165) is 35.5 Å². The highest BCUT2D eigenvalue weighted by molar-refractivity contribution is 6.04. The maximum Gasteiger partial charge on any atom is 0.416 e. The van der Waals surface area contributed by atoms with Gasteiger partial charge in [0.15, 0.2) is 0 Å². The summed E-state index contributed by atoms with van der Waals surface area (Å²) in [6.45, 7) is 1.92. The minimum atomic E-state index is -4.40. The van der Waals surface area contributed by atoms with Gasteiger partial charge in [0.25, 0.3) is 5.91 Å². The SMILES string of the molecule is COC(=O)Nc1ccccc1C.O=C(Nc1cccnc1)c1ccc(C(F)(F)F)cc1. The zero-order chi connectivity index (χ0) is 22.9. The van der Waals surface area contributed by atoms with Crippen LogP contribution >= 0.6 is 0 Å². The van der Waals surface area contributed by atoms with Gasteiger partial charge in [-0.2, -0.15) is 13.2 Å². The van der Waals surface area contributed by atoms with Crippen molar-refractivity contribution in [3.05, 3.63) is 89.7 Å². The van der Waals surface area contributed by atoms with Crippen LogP contribution in [0.2, 0.25) is 0 Å². The molecule has 2 aromatic carbocycles. The quantitative estimate of drug-likeness (QED) is 0.572. The van der Waals surface area contributed by atoms with E-state index in [1.165, 1.54) is 13.3 Å². The van der Waals surface area contributed by atoms with Gasteiger partial charge in [-0.1, -0.05) is 18.2 Å². The number of aromatic nitrogens is 1. The normalized spacial score (nSPS) is 10.4. The molecular weight excluding hydrogens is 411 g/mol. The first-order valence-electron chi connectivity index (χ1n) is 9.00. The maximum absolute atomic E-state index is 12.4. The minimum absolute atomic E-state index is 0.150. The van der Waals surface area contributed by atoms with Crippen LogP contribution in [0.1, 0.15) is 21.5 Å². The number of nitrogens with zero attached hydrogens (tertiary/aromatic N) is 1. The number of benzene rings is 2. The van der Waals surface area contributed by atoms with Gasteiger partial charge in [-0.05, 0) is 55.0 Å². The number of ether oxygens (including phenoxy) is 1. The molecule has 3 aromatic rings. The number of rotatable bonds is 3. The molecule has 0 atom stereocenters. The van der Waals surface area contributed by atoms with Crippen molar-refractivity contribution in [1.82, 2.24) is 4.98 Å². The Labute approximate surface area is 177 Å². The van der Waals surface area contributed by atoms with Gasteiger partial charge in [0, 0.05) is 17.4 Å². The summed E-state index contributed by atoms with van der Waals surface area (Å²) >= 11 is 0. The molecule has 0 saturated carbocycles. The van der Waals surface area contributed by atoms with Crippen LogP contribution in [0.25, 0.3) is 0 Å². The number of carbonyl (C=O) groups excluding carboxylic acids is 2. The third-order valence-corrected chi connectivity index (χ3v) is 3.96. The molecule has 0 fully saturated rings. The molecule has 0 radical (unpaired) electrons. The van der Waals surface area contributed by atoms with E-state index in [4.69, 9.17) is 0 Å². The summed E-state index contributed by atoms with van der Waals surface area (Å²) in [5.41, 5.74) is 1.64. The van der Waals surface area contributed by atoms with Crippen LogP contribution in [-0.4, -0.2) is 24.1 Å². The van der Waals surface area contributed by atoms with Gasteiger partial charge in [-0.15, -0.1) is 0 Å². The van der Waals surface area contributed by atoms with Crippen LogP contribution < -0.4 is 10.6 Å². The second-order valence-electron chi connectivity index (χ2n) is 6.20. The fourth-order valence-corrected chi connectivity index (χ4v) is 2.32. The molecule has 0 aliphatic carbocycles. The lowest BCUT2D eigenvalue weighted by Crippen LogP contribution is -2.12. The Morgan fingerprint density at radius 1 is 0.935 bits per heavy atom. The van der Waals surface area contributed by atoms with E-state index in [9.17, 15) is 22.8 Å². The van der Waals surface area contributed by atoms with Crippen LogP contribution in [0, 0.1) is 6.92 Å². The van der Waals surface area contributed by atoms with Crippen LogP contribution in [0.3, 0.4) is 0 Å². The third-order valence-electron chi connectivity index (χ3n) is 3.96. The van der Waals surface area contributed by atoms with Gasteiger partial charge < -0.3 is 10.1 Å². The van der Waals surface area contributed by atoms with Crippen LogP contribution in [0.5, 0.6) is 0 Å². The summed E-state index contributed by atoms with van der Waals surface area (Å²) in [6, 6.07) is 14.8. The average molecular weight is 431 g/mol. The molecule has 2 N–H and O–H groups in total. The first-order chi connectivity index (χ1) is 14.7. The van der Waals surface area contributed by atoms with Crippen LogP contribution in [-0.2, 0) is 10.9 Å². The lowest BCUT2D eigenvalue weighted by Gasteiger charge is -2.08. The first-order valence-corrected chi connectivity index (χ1v) is 9.00. The van der Waals surface area contributed by atoms with Gasteiger partial charge in [0.2, 0.25) is 0 Å². The van der Waals surface area contributed by atoms with Gasteiger partial charge in [-0.3, -0.25) is 15.1 Å². The molecule has 3 rings (SSSR count). The standard InChI is InChI=1S/C13H9F3N2O.C9H11NO2/c14-13(15,16)10-5-3-9(4-6-10)12(19)18-11-2-1-7-17-8-11;1-7-5-3-4-6-8(7)10-9(11)12-2/h1-8H,(H,18,19);3-6H,1-2H3,(H,10,11). The Bertz CT molecular complexity index is 1010. The van der Waals surface area contributed by atoms with E-state index in [-0.39, 0.29) is 5.56 Å². The van der Waals surface area contributed by atoms with Crippen molar-refractivity contribution in [3.8, 4) is 0 Å². The smallest absolute Gasteiger partial charge is 0.416 e. The number of methoxy groups -OCH3 is 1. The Balaban J connectivity index is 0.000000245. The summed E-state index contributed by atoms with van der Waals surface area (Å²) in [6.07, 6.45) is -1.85. The molecule has 6 nitrogen and oxygen atoms in total. The second-order valence-corrected chi connectivity index (χ2v) is 6.20. The van der Waals surface area contributed by atoms with E-state index >= 15 is 0 Å². The van der Waals surface area contributed by atoms with Crippen LogP contribution in [0.4, 0.5) is 29.3 Å². The van der Waals surface area contributed by atoms with Gasteiger partial charge in [-0.25, -0.2) is 4.79 Å². The van der Waals surface area contributed by atoms with Crippen molar-refractivity contribution >= 4 is 23.4 Å². The van der Waals surface area contributed by atoms with Crippen molar-refractivity contribution in [1.29, 1.82) is 0 Å². The first kappa shape index (κ1) is 23.4. The number of hydrogen-bond donors (Lipinski definition) is 2. The monoisotopic (exact) mass is 431 g/mol. The fraction of sp³-hybridized carbons (Fsp3) is 0.136. The van der Waals surface area contributed by atoms with Gasteiger partial charge in [0.1, 0.15) is 0 Å². The van der Waals surface area contributed by atoms with Gasteiger partial charge >= 0.3 is 12.3 Å². The predicted octanol–water partition coefficient (Wildman–Crippen LogP) is 5.53. The molecule has 1 aromatic heterocycles. The molecule has 0 bridgehead atoms. The molecule has 0 aliphatic rings. The lowest BCUT2D eigenvalue weighted by atomic mass is 10.1. The summed E-state index contributed by atoms with van der Waals surface area (Å²) < 4.78 is 41.5. The summed E-state index contributed by atoms with van der Waals surface area (Å²) in [5.74, 6) is -0.485. The zero-order valence-electron chi connectivity index (χ0n) is 16.7. The number of halogens is 3. The minimum Gasteiger partial charge on any atom is -0.453 e. The van der Waals surface area contributed by atoms with E-state index in [0.29, 0.717) is 5.69 Å². The highest BCUT2D eigenvalue weighted by Gasteiger charge is 2.30. The lowest BCUT2D eigenvalue weighted by molar-refractivity contribution is -0.137. The molecule has 31 heavy (non-hydrogen) atoms. The van der Waals surface area contributed by atoms with E-state index in [1.54, 1.807) is 18.3 Å². The number of para-hydroxylation sites is 1. The molecule has 0 saturated heterocycles. The van der Waals surface area contributed by atoms with Crippen molar-refractivity contribution < 1.29 is 27.5 Å².